The van der Waals surface area contributed by atoms with Gasteiger partial charge in [-0.3, -0.25) is 0 Å². The Kier molecular flexibility index (Phi) is 2.79. The van der Waals surface area contributed by atoms with Gasteiger partial charge in [0.1, 0.15) is 5.58 Å². The molecule has 2 aromatic rings. The lowest BCUT2D eigenvalue weighted by Gasteiger charge is -2.04. The van der Waals surface area contributed by atoms with Crippen LogP contribution in [0.2, 0.25) is 0 Å². The SMILES string of the molecule is NC(=O)NS(=O)(=O)c1ccc2ccc(=O)oc2c1. The number of fused-ring (bicyclic) bond motifs is 1. The number of carbonyl (C=O) groups is 1. The third-order valence-electron chi connectivity index (χ3n) is 2.14. The Balaban J connectivity index is 2.60. The molecule has 1 aromatic carbocycles. The van der Waals surface area contributed by atoms with Crippen LogP contribution >= 0.6 is 0 Å². The summed E-state index contributed by atoms with van der Waals surface area (Å²) in [5, 5.41) is 0.563. The topological polar surface area (TPSA) is 119 Å². The van der Waals surface area contributed by atoms with E-state index < -0.39 is 21.7 Å². The van der Waals surface area contributed by atoms with Gasteiger partial charge < -0.3 is 10.2 Å². The standard InChI is InChI=1S/C10H8N2O5S/c11-10(14)12-18(15,16)7-3-1-6-2-4-9(13)17-8(6)5-7/h1-5H,(H3,11,12,14). The van der Waals surface area contributed by atoms with Gasteiger partial charge in [0.25, 0.3) is 10.0 Å². The van der Waals surface area contributed by atoms with Crippen molar-refractivity contribution >= 4 is 27.0 Å². The highest BCUT2D eigenvalue weighted by atomic mass is 32.2. The van der Waals surface area contributed by atoms with E-state index in [2.05, 4.69) is 0 Å². The van der Waals surface area contributed by atoms with Crippen molar-refractivity contribution in [2.24, 2.45) is 5.73 Å². The lowest BCUT2D eigenvalue weighted by molar-refractivity contribution is 0.253. The van der Waals surface area contributed by atoms with Crippen LogP contribution in [0.15, 0.2) is 44.4 Å². The summed E-state index contributed by atoms with van der Waals surface area (Å²) in [7, 11) is -4.05. The van der Waals surface area contributed by atoms with Gasteiger partial charge in [-0.1, -0.05) is 0 Å². The smallest absolute Gasteiger partial charge is 0.336 e. The number of amides is 2. The van der Waals surface area contributed by atoms with Crippen LogP contribution in [0.3, 0.4) is 0 Å². The molecule has 0 saturated heterocycles. The summed E-state index contributed by atoms with van der Waals surface area (Å²) in [5.41, 5.74) is 4.26. The zero-order valence-corrected chi connectivity index (χ0v) is 9.73. The molecular weight excluding hydrogens is 260 g/mol. The van der Waals surface area contributed by atoms with E-state index in [4.69, 9.17) is 10.2 Å². The normalized spacial score (nSPS) is 11.3. The summed E-state index contributed by atoms with van der Waals surface area (Å²) < 4.78 is 29.7. The van der Waals surface area contributed by atoms with Gasteiger partial charge in [0.15, 0.2) is 0 Å². The van der Waals surface area contributed by atoms with E-state index in [0.29, 0.717) is 5.39 Å². The van der Waals surface area contributed by atoms with Gasteiger partial charge in [0, 0.05) is 17.5 Å². The molecule has 0 bridgehead atoms. The van der Waals surface area contributed by atoms with E-state index in [9.17, 15) is 18.0 Å². The third-order valence-corrected chi connectivity index (χ3v) is 3.48. The number of primary amides is 1. The number of rotatable bonds is 2. The van der Waals surface area contributed by atoms with E-state index in [-0.39, 0.29) is 10.5 Å². The van der Waals surface area contributed by atoms with Crippen molar-refractivity contribution < 1.29 is 17.6 Å². The van der Waals surface area contributed by atoms with Gasteiger partial charge in [-0.05, 0) is 18.2 Å². The van der Waals surface area contributed by atoms with Crippen LogP contribution in [0.1, 0.15) is 0 Å². The van der Waals surface area contributed by atoms with Crippen molar-refractivity contribution in [3.63, 3.8) is 0 Å². The molecule has 1 aromatic heterocycles. The van der Waals surface area contributed by atoms with E-state index in [1.165, 1.54) is 24.3 Å². The van der Waals surface area contributed by atoms with E-state index in [1.54, 1.807) is 4.72 Å². The fourth-order valence-electron chi connectivity index (χ4n) is 1.40. The number of nitrogens with two attached hydrogens (primary N) is 1. The molecule has 0 aliphatic rings. The molecule has 8 heteroatoms. The molecule has 0 saturated carbocycles. The fourth-order valence-corrected chi connectivity index (χ4v) is 2.29. The second-order valence-corrected chi connectivity index (χ2v) is 5.11. The maximum absolute atomic E-state index is 11.6. The molecule has 0 atom stereocenters. The maximum atomic E-state index is 11.6. The molecule has 0 spiro atoms. The highest BCUT2D eigenvalue weighted by molar-refractivity contribution is 7.90. The molecule has 3 N–H and O–H groups in total. The Morgan fingerprint density at radius 1 is 1.22 bits per heavy atom. The lowest BCUT2D eigenvalue weighted by Crippen LogP contribution is -2.34. The second-order valence-electron chi connectivity index (χ2n) is 3.42. The van der Waals surface area contributed by atoms with Crippen LogP contribution in [0.4, 0.5) is 4.79 Å². The quantitative estimate of drug-likeness (QED) is 0.751. The minimum absolute atomic E-state index is 0.106. The first-order valence-electron chi connectivity index (χ1n) is 4.75. The minimum atomic E-state index is -4.05. The lowest BCUT2D eigenvalue weighted by atomic mass is 10.2. The van der Waals surface area contributed by atoms with E-state index in [0.717, 1.165) is 6.07 Å². The first-order valence-corrected chi connectivity index (χ1v) is 6.23. The summed E-state index contributed by atoms with van der Waals surface area (Å²) in [5.74, 6) is 0. The number of benzene rings is 1. The molecule has 18 heavy (non-hydrogen) atoms. The van der Waals surface area contributed by atoms with Gasteiger partial charge in [-0.2, -0.15) is 0 Å². The van der Waals surface area contributed by atoms with Crippen molar-refractivity contribution in [2.75, 3.05) is 0 Å². The van der Waals surface area contributed by atoms with Gasteiger partial charge in [-0.25, -0.2) is 22.7 Å². The maximum Gasteiger partial charge on any atom is 0.336 e. The van der Waals surface area contributed by atoms with Crippen LogP contribution in [-0.2, 0) is 10.0 Å². The zero-order valence-electron chi connectivity index (χ0n) is 8.91. The largest absolute Gasteiger partial charge is 0.423 e. The number of hydrogen-bond donors (Lipinski definition) is 2. The molecule has 7 nitrogen and oxygen atoms in total. The summed E-state index contributed by atoms with van der Waals surface area (Å²) in [6, 6.07) is 5.39. The molecular formula is C10H8N2O5S. The Labute approximate surface area is 101 Å². The molecule has 0 radical (unpaired) electrons. The van der Waals surface area contributed by atoms with Gasteiger partial charge >= 0.3 is 11.7 Å². The Bertz CT molecular complexity index is 778. The molecule has 1 heterocycles. The summed E-state index contributed by atoms with van der Waals surface area (Å²) in [6.07, 6.45) is 0. The predicted molar refractivity (Wildman–Crippen MR) is 62.4 cm³/mol. The monoisotopic (exact) mass is 268 g/mol. The predicted octanol–water partition coefficient (Wildman–Crippen LogP) is 0.150. The number of nitrogens with one attached hydrogen (secondary N) is 1. The van der Waals surface area contributed by atoms with Crippen molar-refractivity contribution in [3.8, 4) is 0 Å². The second kappa shape index (κ2) is 4.15. The average molecular weight is 268 g/mol. The highest BCUT2D eigenvalue weighted by Gasteiger charge is 2.16. The number of urea groups is 1. The van der Waals surface area contributed by atoms with Crippen molar-refractivity contribution in [2.45, 2.75) is 4.90 Å². The summed E-state index contributed by atoms with van der Waals surface area (Å²) in [6.45, 7) is 0. The van der Waals surface area contributed by atoms with Crippen molar-refractivity contribution in [1.82, 2.24) is 4.72 Å². The highest BCUT2D eigenvalue weighted by Crippen LogP contribution is 2.17. The van der Waals surface area contributed by atoms with E-state index in [1.807, 2.05) is 0 Å². The van der Waals surface area contributed by atoms with Crippen molar-refractivity contribution in [1.29, 1.82) is 0 Å². The van der Waals surface area contributed by atoms with E-state index >= 15 is 0 Å². The molecule has 0 aliphatic heterocycles. The Morgan fingerprint density at radius 2 is 1.89 bits per heavy atom. The molecule has 94 valence electrons. The molecule has 2 rings (SSSR count). The molecule has 0 unspecified atom stereocenters. The Morgan fingerprint density at radius 3 is 2.56 bits per heavy atom. The van der Waals surface area contributed by atoms with Crippen LogP contribution in [0.25, 0.3) is 11.0 Å². The molecule has 0 aliphatic carbocycles. The number of carbonyl (C=O) groups excluding carboxylic acids is 1. The number of sulfonamides is 1. The number of hydrogen-bond acceptors (Lipinski definition) is 5. The van der Waals surface area contributed by atoms with Crippen LogP contribution in [-0.4, -0.2) is 14.4 Å². The van der Waals surface area contributed by atoms with Gasteiger partial charge in [0.2, 0.25) is 0 Å². The molecule has 0 fully saturated rings. The zero-order chi connectivity index (χ0) is 13.3. The fraction of sp³-hybridized carbons (Fsp3) is 0. The van der Waals surface area contributed by atoms with Crippen LogP contribution in [0.5, 0.6) is 0 Å². The van der Waals surface area contributed by atoms with Gasteiger partial charge in [-0.15, -0.1) is 0 Å². The summed E-state index contributed by atoms with van der Waals surface area (Å²) >= 11 is 0. The van der Waals surface area contributed by atoms with Gasteiger partial charge in [0.05, 0.1) is 4.90 Å². The average Bonchev–Trinajstić information content (AvgIpc) is 2.26. The van der Waals surface area contributed by atoms with Crippen molar-refractivity contribution in [3.05, 3.63) is 40.8 Å². The first kappa shape index (κ1) is 12.1. The molecule has 2 amide bonds. The Hall–Kier alpha value is -2.35. The third kappa shape index (κ3) is 2.33. The van der Waals surface area contributed by atoms with Crippen LogP contribution in [0, 0.1) is 0 Å². The van der Waals surface area contributed by atoms with Crippen LogP contribution < -0.4 is 16.1 Å². The minimum Gasteiger partial charge on any atom is -0.423 e. The first-order chi connectivity index (χ1) is 8.38. The summed E-state index contributed by atoms with van der Waals surface area (Å²) in [4.78, 5) is 21.4.